The zero-order chi connectivity index (χ0) is 20.7. The van der Waals surface area contributed by atoms with Gasteiger partial charge in [-0.05, 0) is 24.3 Å². The molecule has 0 saturated heterocycles. The highest BCUT2D eigenvalue weighted by molar-refractivity contribution is 6.32. The van der Waals surface area contributed by atoms with Gasteiger partial charge in [-0.15, -0.1) is 0 Å². The van der Waals surface area contributed by atoms with Crippen molar-refractivity contribution in [2.75, 3.05) is 18.5 Å². The first-order chi connectivity index (χ1) is 13.3. The van der Waals surface area contributed by atoms with Gasteiger partial charge in [0.2, 0.25) is 0 Å². The first kappa shape index (κ1) is 20.8. The summed E-state index contributed by atoms with van der Waals surface area (Å²) in [6.07, 6.45) is 0. The Morgan fingerprint density at radius 2 is 1.89 bits per heavy atom. The van der Waals surface area contributed by atoms with Gasteiger partial charge in [0.15, 0.2) is 6.61 Å². The number of nitrogens with one attached hydrogen (secondary N) is 2. The number of carbonyl (C=O) groups excluding carboxylic acids is 3. The summed E-state index contributed by atoms with van der Waals surface area (Å²) in [6, 6.07) is 8.84. The predicted molar refractivity (Wildman–Crippen MR) is 96.4 cm³/mol. The smallest absolute Gasteiger partial charge is 0.325 e. The third-order valence-electron chi connectivity index (χ3n) is 3.30. The number of nitro groups is 1. The van der Waals surface area contributed by atoms with Crippen molar-refractivity contribution in [3.63, 3.8) is 0 Å². The van der Waals surface area contributed by atoms with Crippen LogP contribution < -0.4 is 10.6 Å². The standard InChI is InChI=1S/C17H13ClFN3O6/c18-12-6-5-10(7-14(12)22(26)27)21-15(23)9-28-16(24)8-20-17(25)11-3-1-2-4-13(11)19/h1-7H,8-9H2,(H,20,25)(H,21,23). The number of esters is 1. The summed E-state index contributed by atoms with van der Waals surface area (Å²) in [6.45, 7) is -1.27. The topological polar surface area (TPSA) is 128 Å². The second kappa shape index (κ2) is 9.42. The molecule has 0 atom stereocenters. The molecule has 0 aromatic heterocycles. The van der Waals surface area contributed by atoms with Crippen LogP contribution in [0, 0.1) is 15.9 Å². The molecule has 0 heterocycles. The zero-order valence-electron chi connectivity index (χ0n) is 14.1. The summed E-state index contributed by atoms with van der Waals surface area (Å²) in [5, 5.41) is 15.2. The Labute approximate surface area is 162 Å². The van der Waals surface area contributed by atoms with Crippen LogP contribution in [0.2, 0.25) is 5.02 Å². The molecule has 146 valence electrons. The highest BCUT2D eigenvalue weighted by atomic mass is 35.5. The Balaban J connectivity index is 1.80. The van der Waals surface area contributed by atoms with E-state index >= 15 is 0 Å². The fourth-order valence-electron chi connectivity index (χ4n) is 2.02. The van der Waals surface area contributed by atoms with E-state index in [1.807, 2.05) is 0 Å². The van der Waals surface area contributed by atoms with Crippen LogP contribution in [0.15, 0.2) is 42.5 Å². The van der Waals surface area contributed by atoms with Crippen molar-refractivity contribution in [2.45, 2.75) is 0 Å². The number of nitro benzene ring substituents is 1. The van der Waals surface area contributed by atoms with Crippen molar-refractivity contribution in [3.05, 3.63) is 69.0 Å². The van der Waals surface area contributed by atoms with Crippen molar-refractivity contribution in [1.82, 2.24) is 5.32 Å². The molecule has 0 spiro atoms. The molecule has 2 amide bonds. The van der Waals surface area contributed by atoms with Gasteiger partial charge in [-0.25, -0.2) is 4.39 Å². The fraction of sp³-hybridized carbons (Fsp3) is 0.118. The molecule has 11 heteroatoms. The molecule has 0 aliphatic rings. The van der Waals surface area contributed by atoms with Gasteiger partial charge in [0.25, 0.3) is 17.5 Å². The molecule has 0 unspecified atom stereocenters. The number of benzene rings is 2. The maximum atomic E-state index is 13.4. The average Bonchev–Trinajstić information content (AvgIpc) is 2.66. The fourth-order valence-corrected chi connectivity index (χ4v) is 2.20. The molecule has 28 heavy (non-hydrogen) atoms. The van der Waals surface area contributed by atoms with Crippen molar-refractivity contribution in [3.8, 4) is 0 Å². The van der Waals surface area contributed by atoms with E-state index in [0.29, 0.717) is 0 Å². The van der Waals surface area contributed by atoms with E-state index in [9.17, 15) is 28.9 Å². The SMILES string of the molecule is O=C(COC(=O)CNC(=O)c1ccccc1F)Nc1ccc(Cl)c([N+](=O)[O-])c1. The molecule has 0 aliphatic carbocycles. The van der Waals surface area contributed by atoms with Crippen LogP contribution in [0.3, 0.4) is 0 Å². The lowest BCUT2D eigenvalue weighted by Gasteiger charge is -2.08. The number of hydrogen-bond donors (Lipinski definition) is 2. The number of halogens is 2. The van der Waals surface area contributed by atoms with Gasteiger partial charge in [-0.1, -0.05) is 23.7 Å². The molecular formula is C17H13ClFN3O6. The first-order valence-electron chi connectivity index (χ1n) is 7.70. The molecule has 0 radical (unpaired) electrons. The lowest BCUT2D eigenvalue weighted by Crippen LogP contribution is -2.32. The van der Waals surface area contributed by atoms with Gasteiger partial charge in [0, 0.05) is 11.8 Å². The second-order valence-corrected chi connectivity index (χ2v) is 5.70. The van der Waals surface area contributed by atoms with Crippen LogP contribution in [0.4, 0.5) is 15.8 Å². The Bertz CT molecular complexity index is 937. The number of carbonyl (C=O) groups is 3. The molecular weight excluding hydrogens is 397 g/mol. The molecule has 9 nitrogen and oxygen atoms in total. The van der Waals surface area contributed by atoms with Crippen molar-refractivity contribution in [1.29, 1.82) is 0 Å². The maximum Gasteiger partial charge on any atom is 0.325 e. The van der Waals surface area contributed by atoms with E-state index in [4.69, 9.17) is 11.6 Å². The van der Waals surface area contributed by atoms with Gasteiger partial charge in [0.05, 0.1) is 10.5 Å². The summed E-state index contributed by atoms with van der Waals surface area (Å²) >= 11 is 5.66. The van der Waals surface area contributed by atoms with Crippen molar-refractivity contribution in [2.24, 2.45) is 0 Å². The maximum absolute atomic E-state index is 13.4. The van der Waals surface area contributed by atoms with Gasteiger partial charge >= 0.3 is 5.97 Å². The van der Waals surface area contributed by atoms with E-state index in [1.165, 1.54) is 30.3 Å². The van der Waals surface area contributed by atoms with Crippen LogP contribution in [-0.2, 0) is 14.3 Å². The summed E-state index contributed by atoms with van der Waals surface area (Å²) < 4.78 is 18.1. The van der Waals surface area contributed by atoms with Crippen LogP contribution in [0.5, 0.6) is 0 Å². The number of nitrogens with zero attached hydrogens (tertiary/aromatic N) is 1. The monoisotopic (exact) mass is 409 g/mol. The summed E-state index contributed by atoms with van der Waals surface area (Å²) in [5.41, 5.74) is -0.547. The molecule has 0 aliphatic heterocycles. The summed E-state index contributed by atoms with van der Waals surface area (Å²) in [4.78, 5) is 45.2. The molecule has 0 fully saturated rings. The number of rotatable bonds is 7. The van der Waals surface area contributed by atoms with Gasteiger partial charge in [-0.3, -0.25) is 24.5 Å². The Morgan fingerprint density at radius 1 is 1.18 bits per heavy atom. The lowest BCUT2D eigenvalue weighted by molar-refractivity contribution is -0.384. The summed E-state index contributed by atoms with van der Waals surface area (Å²) in [7, 11) is 0. The largest absolute Gasteiger partial charge is 0.454 e. The van der Waals surface area contributed by atoms with Crippen molar-refractivity contribution >= 4 is 40.8 Å². The Morgan fingerprint density at radius 3 is 2.57 bits per heavy atom. The summed E-state index contributed by atoms with van der Waals surface area (Å²) in [5.74, 6) is -3.25. The molecule has 0 bridgehead atoms. The Kier molecular flexibility index (Phi) is 6.99. The number of hydrogen-bond acceptors (Lipinski definition) is 6. The minimum atomic E-state index is -0.929. The molecule has 2 N–H and O–H groups in total. The second-order valence-electron chi connectivity index (χ2n) is 5.29. The molecule has 2 rings (SSSR count). The number of anilines is 1. The van der Waals surface area contributed by atoms with E-state index < -0.39 is 47.4 Å². The highest BCUT2D eigenvalue weighted by Crippen LogP contribution is 2.27. The van der Waals surface area contributed by atoms with Gasteiger partial charge < -0.3 is 15.4 Å². The molecule has 0 saturated carbocycles. The van der Waals surface area contributed by atoms with Crippen LogP contribution in [0.25, 0.3) is 0 Å². The van der Waals surface area contributed by atoms with Gasteiger partial charge in [-0.2, -0.15) is 0 Å². The predicted octanol–water partition coefficient (Wildman–Crippen LogP) is 2.30. The first-order valence-corrected chi connectivity index (χ1v) is 8.08. The highest BCUT2D eigenvalue weighted by Gasteiger charge is 2.16. The molecule has 2 aromatic rings. The van der Waals surface area contributed by atoms with Crippen LogP contribution in [0.1, 0.15) is 10.4 Å². The quantitative estimate of drug-likeness (QED) is 0.410. The van der Waals surface area contributed by atoms with E-state index in [2.05, 4.69) is 15.4 Å². The van der Waals surface area contributed by atoms with Gasteiger partial charge in [0.1, 0.15) is 17.4 Å². The van der Waals surface area contributed by atoms with Crippen molar-refractivity contribution < 1.29 is 28.4 Å². The molecule has 2 aromatic carbocycles. The number of amides is 2. The van der Waals surface area contributed by atoms with Crippen LogP contribution in [-0.4, -0.2) is 35.9 Å². The number of ether oxygens (including phenoxy) is 1. The third kappa shape index (κ3) is 5.74. The average molecular weight is 410 g/mol. The minimum Gasteiger partial charge on any atom is -0.454 e. The van der Waals surface area contributed by atoms with Crippen LogP contribution >= 0.6 is 11.6 Å². The third-order valence-corrected chi connectivity index (χ3v) is 3.62. The van der Waals surface area contributed by atoms with E-state index in [1.54, 1.807) is 0 Å². The lowest BCUT2D eigenvalue weighted by atomic mass is 10.2. The zero-order valence-corrected chi connectivity index (χ0v) is 14.9. The minimum absolute atomic E-state index is 0.0880. The van der Waals surface area contributed by atoms with E-state index in [0.717, 1.165) is 12.1 Å². The Hall–Kier alpha value is -3.53. The van der Waals surface area contributed by atoms with E-state index in [-0.39, 0.29) is 16.3 Å². The normalized spacial score (nSPS) is 10.1.